The Morgan fingerprint density at radius 2 is 1.80 bits per heavy atom. The van der Waals surface area contributed by atoms with Gasteiger partial charge in [0.05, 0.1) is 19.5 Å². The minimum Gasteiger partial charge on any atom is -0.480 e. The second-order valence-corrected chi connectivity index (χ2v) is 13.6. The lowest BCUT2D eigenvalue weighted by Crippen LogP contribution is -2.50. The number of ether oxygens (including phenoxy) is 1. The molecule has 2 aliphatic heterocycles. The molecule has 4 saturated carbocycles. The molecular weight excluding hydrogens is 566 g/mol. The molecule has 2 aromatic heterocycles. The Labute approximate surface area is 255 Å². The van der Waals surface area contributed by atoms with Crippen molar-refractivity contribution < 1.29 is 24.2 Å². The Kier molecular flexibility index (Phi) is 7.75. The number of imidazole rings is 1. The second-order valence-electron chi connectivity index (χ2n) is 13.6. The zero-order chi connectivity index (χ0) is 30.3. The number of amides is 2. The predicted molar refractivity (Wildman–Crippen MR) is 160 cm³/mol. The van der Waals surface area contributed by atoms with Crippen LogP contribution in [0.15, 0.2) is 17.6 Å². The Bertz CT molecular complexity index is 1410. The average Bonchev–Trinajstić information content (AvgIpc) is 3.42. The summed E-state index contributed by atoms with van der Waals surface area (Å²) in [5.41, 5.74) is 1.08. The van der Waals surface area contributed by atoms with Gasteiger partial charge in [-0.2, -0.15) is 0 Å². The summed E-state index contributed by atoms with van der Waals surface area (Å²) in [6.07, 6.45) is 11.8. The van der Waals surface area contributed by atoms with Gasteiger partial charge in [-0.25, -0.2) is 24.5 Å². The first-order chi connectivity index (χ1) is 21.3. The summed E-state index contributed by atoms with van der Waals surface area (Å²) >= 11 is 0. The van der Waals surface area contributed by atoms with Gasteiger partial charge < -0.3 is 29.9 Å². The van der Waals surface area contributed by atoms with Crippen LogP contribution >= 0.6 is 0 Å². The van der Waals surface area contributed by atoms with Crippen LogP contribution in [0.3, 0.4) is 0 Å². The quantitative estimate of drug-likeness (QED) is 0.347. The molecule has 1 saturated heterocycles. The molecule has 0 aromatic carbocycles. The van der Waals surface area contributed by atoms with Gasteiger partial charge in [-0.05, 0) is 75.5 Å². The molecule has 44 heavy (non-hydrogen) atoms. The summed E-state index contributed by atoms with van der Waals surface area (Å²) in [6, 6.07) is -1.22. The van der Waals surface area contributed by atoms with Gasteiger partial charge in [-0.1, -0.05) is 0 Å². The molecular formula is C30H41N9O5. The van der Waals surface area contributed by atoms with Crippen LogP contribution in [0.25, 0.3) is 11.2 Å². The van der Waals surface area contributed by atoms with Crippen LogP contribution in [0.4, 0.5) is 10.6 Å². The number of aliphatic carboxylic acids is 1. The van der Waals surface area contributed by atoms with Gasteiger partial charge in [0.15, 0.2) is 22.9 Å². The normalized spacial score (nSPS) is 28.7. The molecule has 14 nitrogen and oxygen atoms in total. The van der Waals surface area contributed by atoms with Crippen molar-refractivity contribution in [2.75, 3.05) is 37.7 Å². The number of fused-ring (bicyclic) bond motifs is 1. The van der Waals surface area contributed by atoms with E-state index >= 15 is 0 Å². The molecule has 4 N–H and O–H groups in total. The number of nitrogens with one attached hydrogen (secondary N) is 3. The fourth-order valence-electron chi connectivity index (χ4n) is 8.67. The van der Waals surface area contributed by atoms with Crippen molar-refractivity contribution in [3.63, 3.8) is 0 Å². The molecule has 4 aliphatic carbocycles. The van der Waals surface area contributed by atoms with E-state index in [0.29, 0.717) is 62.0 Å². The molecule has 4 bridgehead atoms. The molecule has 0 radical (unpaired) electrons. The number of aliphatic imine (C=N–C) groups is 1. The molecule has 2 amide bonds. The predicted octanol–water partition coefficient (Wildman–Crippen LogP) is 1.90. The van der Waals surface area contributed by atoms with E-state index in [1.54, 1.807) is 4.57 Å². The van der Waals surface area contributed by atoms with Crippen LogP contribution in [0.1, 0.15) is 57.8 Å². The first-order valence-corrected chi connectivity index (χ1v) is 16.0. The van der Waals surface area contributed by atoms with Crippen molar-refractivity contribution in [3.05, 3.63) is 12.7 Å². The minimum atomic E-state index is -1.22. The van der Waals surface area contributed by atoms with Gasteiger partial charge in [0, 0.05) is 37.5 Å². The summed E-state index contributed by atoms with van der Waals surface area (Å²) in [7, 11) is 0. The van der Waals surface area contributed by atoms with Crippen LogP contribution < -0.4 is 20.9 Å². The van der Waals surface area contributed by atoms with Crippen molar-refractivity contribution >= 4 is 40.9 Å². The summed E-state index contributed by atoms with van der Waals surface area (Å²) in [6.45, 7) is 3.05. The number of hydrogen-bond acceptors (Lipinski definition) is 10. The number of aromatic nitrogens is 4. The minimum absolute atomic E-state index is 0.0291. The van der Waals surface area contributed by atoms with E-state index < -0.39 is 18.1 Å². The molecule has 8 rings (SSSR count). The van der Waals surface area contributed by atoms with Crippen molar-refractivity contribution in [3.8, 4) is 0 Å². The highest BCUT2D eigenvalue weighted by atomic mass is 16.5. The molecule has 1 unspecified atom stereocenters. The van der Waals surface area contributed by atoms with E-state index in [4.69, 9.17) is 4.74 Å². The molecule has 4 heterocycles. The van der Waals surface area contributed by atoms with Crippen LogP contribution in [-0.2, 0) is 20.9 Å². The Morgan fingerprint density at radius 3 is 2.45 bits per heavy atom. The molecule has 0 spiro atoms. The summed E-state index contributed by atoms with van der Waals surface area (Å²) in [5, 5.41) is 18.5. The summed E-state index contributed by atoms with van der Waals surface area (Å²) in [4.78, 5) is 57.5. The number of guanidine groups is 1. The topological polar surface area (TPSA) is 176 Å². The maximum Gasteiger partial charge on any atom is 0.407 e. The second kappa shape index (κ2) is 11.8. The number of carbonyl (C=O) groups excluding carboxylic acids is 2. The highest BCUT2D eigenvalue weighted by Crippen LogP contribution is 2.60. The van der Waals surface area contributed by atoms with Gasteiger partial charge in [-0.3, -0.25) is 15.1 Å². The lowest BCUT2D eigenvalue weighted by atomic mass is 9.50. The number of nitrogens with zero attached hydrogens (tertiary/aromatic N) is 6. The Balaban J connectivity index is 0.959. The van der Waals surface area contributed by atoms with Crippen molar-refractivity contribution in [1.82, 2.24) is 35.5 Å². The van der Waals surface area contributed by atoms with Crippen molar-refractivity contribution in [2.24, 2.45) is 34.1 Å². The first kappa shape index (κ1) is 28.8. The number of carboxylic acids is 1. The molecule has 236 valence electrons. The fourth-order valence-corrected chi connectivity index (χ4v) is 8.67. The SMILES string of the molecule is O=C(NC(Cn1cnc2c(N3CCC(C(=O)NC4=NCCCN4)CC3)ncnc21)C(=O)O)OCC12CC3CC(CC(C3)C1)C2. The van der Waals surface area contributed by atoms with Crippen LogP contribution in [-0.4, -0.2) is 87.4 Å². The number of piperidine rings is 1. The highest BCUT2D eigenvalue weighted by Gasteiger charge is 2.51. The van der Waals surface area contributed by atoms with Gasteiger partial charge in [0.2, 0.25) is 5.91 Å². The number of carbonyl (C=O) groups is 3. The van der Waals surface area contributed by atoms with Gasteiger partial charge in [0.25, 0.3) is 0 Å². The van der Waals surface area contributed by atoms with E-state index in [1.807, 2.05) is 0 Å². The zero-order valence-corrected chi connectivity index (χ0v) is 24.9. The van der Waals surface area contributed by atoms with Gasteiger partial charge >= 0.3 is 12.1 Å². The number of alkyl carbamates (subject to hydrolysis) is 1. The molecule has 2 aromatic rings. The van der Waals surface area contributed by atoms with Gasteiger partial charge in [0.1, 0.15) is 12.4 Å². The highest BCUT2D eigenvalue weighted by molar-refractivity contribution is 5.98. The largest absolute Gasteiger partial charge is 0.480 e. The van der Waals surface area contributed by atoms with Crippen molar-refractivity contribution in [1.29, 1.82) is 0 Å². The number of carboxylic acid groups (broad SMARTS) is 1. The zero-order valence-electron chi connectivity index (χ0n) is 24.9. The number of rotatable bonds is 8. The van der Waals surface area contributed by atoms with Crippen LogP contribution in [0.5, 0.6) is 0 Å². The fraction of sp³-hybridized carbons (Fsp3) is 0.700. The summed E-state index contributed by atoms with van der Waals surface area (Å²) < 4.78 is 7.29. The maximum absolute atomic E-state index is 12.8. The third-order valence-corrected chi connectivity index (χ3v) is 10.3. The van der Waals surface area contributed by atoms with E-state index in [-0.39, 0.29) is 23.8 Å². The third-order valence-electron chi connectivity index (χ3n) is 10.3. The number of anilines is 1. The average molecular weight is 608 g/mol. The molecule has 6 aliphatic rings. The maximum atomic E-state index is 12.8. The standard InChI is InChI=1S/C30H41N9O5/c40-26(37-28-31-4-1-5-32-28)21-2-6-38(7-3-21)24-23-25(34-16-33-24)39(17-35-23)14-22(27(41)42)36-29(43)44-15-30-11-18-8-19(12-30)10-20(9-18)13-30/h16-22H,1-15H2,(H,36,43)(H,41,42)(H2,31,32,37,40). The Morgan fingerprint density at radius 1 is 1.07 bits per heavy atom. The van der Waals surface area contributed by atoms with Crippen LogP contribution in [0.2, 0.25) is 0 Å². The lowest BCUT2D eigenvalue weighted by Gasteiger charge is -2.56. The monoisotopic (exact) mass is 607 g/mol. The molecule has 1 atom stereocenters. The van der Waals surface area contributed by atoms with E-state index in [2.05, 4.69) is 40.8 Å². The first-order valence-electron chi connectivity index (χ1n) is 16.0. The smallest absolute Gasteiger partial charge is 0.407 e. The van der Waals surface area contributed by atoms with Gasteiger partial charge in [-0.15, -0.1) is 0 Å². The van der Waals surface area contributed by atoms with E-state index in [9.17, 15) is 19.5 Å². The molecule has 14 heteroatoms. The van der Waals surface area contributed by atoms with Crippen LogP contribution in [0, 0.1) is 29.1 Å². The van der Waals surface area contributed by atoms with E-state index in [1.165, 1.54) is 31.9 Å². The number of hydrogen-bond donors (Lipinski definition) is 4. The summed E-state index contributed by atoms with van der Waals surface area (Å²) in [5.74, 6) is 2.10. The van der Waals surface area contributed by atoms with Crippen molar-refractivity contribution in [2.45, 2.75) is 70.4 Å². The Hall–Kier alpha value is -3.97. The van der Waals surface area contributed by atoms with E-state index in [0.717, 1.165) is 50.0 Å². The lowest BCUT2D eigenvalue weighted by molar-refractivity contribution is -0.139. The molecule has 5 fully saturated rings. The third kappa shape index (κ3) is 5.90.